The van der Waals surface area contributed by atoms with E-state index in [1.807, 2.05) is 29.6 Å². The fraction of sp³-hybridized carbons (Fsp3) is 0.111. The second-order valence-electron chi connectivity index (χ2n) is 5.48. The van der Waals surface area contributed by atoms with Gasteiger partial charge in [-0.25, -0.2) is 14.8 Å². The largest absolute Gasteiger partial charge is 0.487 e. The predicted molar refractivity (Wildman–Crippen MR) is 100 cm³/mol. The third-order valence-electron chi connectivity index (χ3n) is 3.51. The highest BCUT2D eigenvalue weighted by molar-refractivity contribution is 7.13. The number of thiazole rings is 1. The Kier molecular flexibility index (Phi) is 5.72. The number of nitrogens with zero attached hydrogens (tertiary/aromatic N) is 2. The first kappa shape index (κ1) is 18.2. The van der Waals surface area contributed by atoms with E-state index in [1.165, 1.54) is 11.3 Å². The van der Waals surface area contributed by atoms with Crippen molar-refractivity contribution in [2.45, 2.75) is 13.2 Å². The molecule has 134 valence electrons. The van der Waals surface area contributed by atoms with E-state index in [9.17, 15) is 10.0 Å². The summed E-state index contributed by atoms with van der Waals surface area (Å²) in [4.78, 5) is 15.4. The first-order valence-electron chi connectivity index (χ1n) is 7.69. The van der Waals surface area contributed by atoms with E-state index in [-0.39, 0.29) is 6.54 Å². The highest BCUT2D eigenvalue weighted by Gasteiger charge is 2.08. The average Bonchev–Trinajstić information content (AvgIpc) is 3.10. The fourth-order valence-corrected chi connectivity index (χ4v) is 3.18. The summed E-state index contributed by atoms with van der Waals surface area (Å²) in [5.41, 5.74) is 7.52. The lowest BCUT2D eigenvalue weighted by atomic mass is 10.2. The van der Waals surface area contributed by atoms with Crippen LogP contribution in [0, 0.1) is 0 Å². The van der Waals surface area contributed by atoms with Crippen LogP contribution in [0.1, 0.15) is 11.3 Å². The molecule has 0 saturated heterocycles. The van der Waals surface area contributed by atoms with Gasteiger partial charge in [-0.2, -0.15) is 0 Å². The molecule has 0 unspecified atom stereocenters. The van der Waals surface area contributed by atoms with E-state index in [4.69, 9.17) is 22.1 Å². The standard InChI is InChI=1S/C18H16ClN3O3S/c19-14-6-4-13(5-7-14)17-21-15(11-26-17)10-25-16-3-1-2-12(8-16)9-22(24)18(20)23/h1-8,11,24H,9-10H2,(H2,20,23). The number of hydrogen-bond acceptors (Lipinski definition) is 5. The summed E-state index contributed by atoms with van der Waals surface area (Å²) in [6.45, 7) is 0.302. The molecule has 0 atom stereocenters. The first-order valence-corrected chi connectivity index (χ1v) is 8.95. The van der Waals surface area contributed by atoms with Gasteiger partial charge < -0.3 is 10.5 Å². The number of primary amides is 1. The SMILES string of the molecule is NC(=O)N(O)Cc1cccc(OCc2csc(-c3ccc(Cl)cc3)n2)c1. The minimum Gasteiger partial charge on any atom is -0.487 e. The quantitative estimate of drug-likeness (QED) is 0.485. The van der Waals surface area contributed by atoms with Gasteiger partial charge in [0.05, 0.1) is 12.2 Å². The molecule has 0 fully saturated rings. The van der Waals surface area contributed by atoms with Crippen LogP contribution in [0.4, 0.5) is 4.79 Å². The molecule has 3 rings (SSSR count). The summed E-state index contributed by atoms with van der Waals surface area (Å²) in [5, 5.41) is 13.4. The molecule has 0 aliphatic rings. The zero-order valence-electron chi connectivity index (χ0n) is 13.6. The van der Waals surface area contributed by atoms with Crippen LogP contribution >= 0.6 is 22.9 Å². The number of carbonyl (C=O) groups excluding carboxylic acids is 1. The van der Waals surface area contributed by atoms with Gasteiger partial charge in [-0.15, -0.1) is 11.3 Å². The van der Waals surface area contributed by atoms with E-state index >= 15 is 0 Å². The molecule has 0 radical (unpaired) electrons. The van der Waals surface area contributed by atoms with Gasteiger partial charge in [0.1, 0.15) is 17.4 Å². The normalized spacial score (nSPS) is 10.5. The second kappa shape index (κ2) is 8.18. The van der Waals surface area contributed by atoms with Gasteiger partial charge in [0.2, 0.25) is 0 Å². The maximum absolute atomic E-state index is 10.9. The molecule has 3 aromatic rings. The number of benzene rings is 2. The minimum atomic E-state index is -0.909. The van der Waals surface area contributed by atoms with Crippen molar-refractivity contribution in [3.8, 4) is 16.3 Å². The molecule has 2 aromatic carbocycles. The van der Waals surface area contributed by atoms with Crippen molar-refractivity contribution in [2.24, 2.45) is 5.73 Å². The van der Waals surface area contributed by atoms with Gasteiger partial charge in [-0.1, -0.05) is 35.9 Å². The number of amides is 2. The van der Waals surface area contributed by atoms with E-state index < -0.39 is 6.03 Å². The Morgan fingerprint density at radius 3 is 2.77 bits per heavy atom. The van der Waals surface area contributed by atoms with Crippen LogP contribution < -0.4 is 10.5 Å². The number of rotatable bonds is 6. The monoisotopic (exact) mass is 389 g/mol. The Morgan fingerprint density at radius 2 is 2.04 bits per heavy atom. The Balaban J connectivity index is 1.62. The van der Waals surface area contributed by atoms with Crippen molar-refractivity contribution in [1.82, 2.24) is 10.0 Å². The van der Waals surface area contributed by atoms with Gasteiger partial charge >= 0.3 is 6.03 Å². The number of aromatic nitrogens is 1. The third kappa shape index (κ3) is 4.72. The zero-order chi connectivity index (χ0) is 18.5. The second-order valence-corrected chi connectivity index (χ2v) is 6.78. The van der Waals surface area contributed by atoms with Crippen molar-refractivity contribution in [3.63, 3.8) is 0 Å². The van der Waals surface area contributed by atoms with Crippen LogP contribution in [-0.4, -0.2) is 21.3 Å². The number of ether oxygens (including phenoxy) is 1. The molecule has 6 nitrogen and oxygen atoms in total. The Labute approximate surface area is 159 Å². The van der Waals surface area contributed by atoms with Gasteiger partial charge in [-0.05, 0) is 29.8 Å². The van der Waals surface area contributed by atoms with E-state index in [2.05, 4.69) is 4.98 Å². The molecular weight excluding hydrogens is 374 g/mol. The minimum absolute atomic E-state index is 0.00997. The Morgan fingerprint density at radius 1 is 1.27 bits per heavy atom. The molecule has 0 aliphatic carbocycles. The molecule has 26 heavy (non-hydrogen) atoms. The fourth-order valence-electron chi connectivity index (χ4n) is 2.24. The molecule has 0 saturated carbocycles. The third-order valence-corrected chi connectivity index (χ3v) is 4.71. The molecule has 0 bridgehead atoms. The van der Waals surface area contributed by atoms with Crippen LogP contribution in [0.15, 0.2) is 53.9 Å². The molecule has 8 heteroatoms. The number of halogens is 1. The smallest absolute Gasteiger partial charge is 0.338 e. The van der Waals surface area contributed by atoms with Crippen LogP contribution in [0.2, 0.25) is 5.02 Å². The molecule has 0 spiro atoms. The lowest BCUT2D eigenvalue weighted by Gasteiger charge is -2.12. The number of carbonyl (C=O) groups is 1. The van der Waals surface area contributed by atoms with Crippen molar-refractivity contribution >= 4 is 29.0 Å². The summed E-state index contributed by atoms with van der Waals surface area (Å²) >= 11 is 7.44. The number of nitrogens with two attached hydrogens (primary N) is 1. The zero-order valence-corrected chi connectivity index (χ0v) is 15.2. The molecular formula is C18H16ClN3O3S. The van der Waals surface area contributed by atoms with Crippen LogP contribution in [0.5, 0.6) is 5.75 Å². The molecule has 1 aromatic heterocycles. The summed E-state index contributed by atoms with van der Waals surface area (Å²) in [7, 11) is 0. The van der Waals surface area contributed by atoms with E-state index in [1.54, 1.807) is 24.3 Å². The molecule has 2 amide bonds. The van der Waals surface area contributed by atoms with Crippen molar-refractivity contribution in [1.29, 1.82) is 0 Å². The predicted octanol–water partition coefficient (Wildman–Crippen LogP) is 4.31. The average molecular weight is 390 g/mol. The van der Waals surface area contributed by atoms with Crippen LogP contribution in [-0.2, 0) is 13.2 Å². The lowest BCUT2D eigenvalue weighted by molar-refractivity contribution is -0.0470. The van der Waals surface area contributed by atoms with Gasteiger partial charge in [0.25, 0.3) is 0 Å². The number of hydroxylamine groups is 2. The van der Waals surface area contributed by atoms with Crippen molar-refractivity contribution in [3.05, 3.63) is 70.2 Å². The topological polar surface area (TPSA) is 88.7 Å². The first-order chi connectivity index (χ1) is 12.5. The summed E-state index contributed by atoms with van der Waals surface area (Å²) < 4.78 is 5.75. The van der Waals surface area contributed by atoms with Gasteiger partial charge in [0.15, 0.2) is 0 Å². The van der Waals surface area contributed by atoms with Gasteiger partial charge in [-0.3, -0.25) is 5.21 Å². The Hall–Kier alpha value is -2.61. The molecule has 1 heterocycles. The summed E-state index contributed by atoms with van der Waals surface area (Å²) in [6, 6.07) is 13.7. The van der Waals surface area contributed by atoms with Crippen molar-refractivity contribution in [2.75, 3.05) is 0 Å². The highest BCUT2D eigenvalue weighted by Crippen LogP contribution is 2.26. The maximum Gasteiger partial charge on any atom is 0.338 e. The van der Waals surface area contributed by atoms with Crippen LogP contribution in [0.25, 0.3) is 10.6 Å². The number of urea groups is 1. The summed E-state index contributed by atoms with van der Waals surface area (Å²) in [6.07, 6.45) is 0. The molecule has 3 N–H and O–H groups in total. The lowest BCUT2D eigenvalue weighted by Crippen LogP contribution is -2.31. The number of hydrogen-bond donors (Lipinski definition) is 2. The van der Waals surface area contributed by atoms with E-state index in [0.717, 1.165) is 16.3 Å². The maximum atomic E-state index is 10.9. The van der Waals surface area contributed by atoms with Crippen molar-refractivity contribution < 1.29 is 14.7 Å². The highest BCUT2D eigenvalue weighted by atomic mass is 35.5. The Bertz CT molecular complexity index is 899. The molecule has 0 aliphatic heterocycles. The summed E-state index contributed by atoms with van der Waals surface area (Å²) in [5.74, 6) is 0.612. The van der Waals surface area contributed by atoms with E-state index in [0.29, 0.717) is 28.0 Å². The van der Waals surface area contributed by atoms with Gasteiger partial charge in [0, 0.05) is 16.0 Å². The van der Waals surface area contributed by atoms with Crippen LogP contribution in [0.3, 0.4) is 0 Å².